The predicted molar refractivity (Wildman–Crippen MR) is 195 cm³/mol. The van der Waals surface area contributed by atoms with Crippen molar-refractivity contribution < 1.29 is 23.4 Å². The number of hydrogen-bond acceptors (Lipinski definition) is 5. The van der Waals surface area contributed by atoms with Gasteiger partial charge < -0.3 is 18.6 Å². The maximum Gasteiger partial charge on any atom is 0.250 e. The highest BCUT2D eigenvalue weighted by Gasteiger charge is 2.49. The number of aldehydes is 1. The summed E-state index contributed by atoms with van der Waals surface area (Å²) < 4.78 is 27.0. The van der Waals surface area contributed by atoms with E-state index in [2.05, 4.69) is 76.8 Å². The molecule has 0 amide bonds. The molecule has 1 aliphatic rings. The third-order valence-electron chi connectivity index (χ3n) is 9.68. The van der Waals surface area contributed by atoms with Crippen LogP contribution in [-0.2, 0) is 24.6 Å². The Bertz CT molecular complexity index is 1550. The first kappa shape index (κ1) is 35.2. The Balaban J connectivity index is 1.46. The largest absolute Gasteiger partial charge is 0.544 e. The molecule has 0 N–H and O–H groups in total. The normalized spacial score (nSPS) is 20.1. The molecule has 4 aromatic rings. The second kappa shape index (κ2) is 15.0. The second-order valence-corrected chi connectivity index (χ2v) is 18.6. The van der Waals surface area contributed by atoms with Crippen molar-refractivity contribution in [1.82, 2.24) is 0 Å². The lowest BCUT2D eigenvalue weighted by Crippen LogP contribution is -2.43. The van der Waals surface area contributed by atoms with Crippen LogP contribution in [0.5, 0.6) is 5.75 Å². The zero-order chi connectivity index (χ0) is 34.3. The highest BCUT2D eigenvalue weighted by Crippen LogP contribution is 2.46. The maximum atomic E-state index is 11.7. The molecule has 4 aromatic carbocycles. The van der Waals surface area contributed by atoms with Gasteiger partial charge in [0, 0.05) is 12.0 Å². The average molecular weight is 661 g/mol. The van der Waals surface area contributed by atoms with Gasteiger partial charge in [-0.15, -0.1) is 6.58 Å². The Morgan fingerprint density at radius 2 is 1.33 bits per heavy atom. The monoisotopic (exact) mass is 660 g/mol. The van der Waals surface area contributed by atoms with Crippen molar-refractivity contribution in [3.8, 4) is 5.75 Å². The molecule has 1 fully saturated rings. The molecule has 1 aliphatic heterocycles. The summed E-state index contributed by atoms with van der Waals surface area (Å²) in [5, 5.41) is 0.0902. The zero-order valence-electron chi connectivity index (χ0n) is 28.8. The van der Waals surface area contributed by atoms with Crippen molar-refractivity contribution in [3.05, 3.63) is 162 Å². The molecular formula is C42H48O5Si. The number of benzene rings is 4. The molecule has 48 heavy (non-hydrogen) atoms. The number of carbonyl (C=O) groups is 1. The Labute approximate surface area is 287 Å². The summed E-state index contributed by atoms with van der Waals surface area (Å²) >= 11 is 0. The average Bonchev–Trinajstić information content (AvgIpc) is 3.44. The third-order valence-corrected chi connectivity index (χ3v) is 14.0. The van der Waals surface area contributed by atoms with Crippen molar-refractivity contribution in [3.63, 3.8) is 0 Å². The van der Waals surface area contributed by atoms with E-state index in [9.17, 15) is 4.79 Å². The molecule has 0 radical (unpaired) electrons. The smallest absolute Gasteiger partial charge is 0.250 e. The molecule has 5 nitrogen and oxygen atoms in total. The number of carbonyl (C=O) groups excluding carboxylic acids is 1. The topological polar surface area (TPSA) is 54.0 Å². The first-order valence-electron chi connectivity index (χ1n) is 16.7. The Morgan fingerprint density at radius 3 is 1.79 bits per heavy atom. The van der Waals surface area contributed by atoms with E-state index in [-0.39, 0.29) is 11.1 Å². The quantitative estimate of drug-likeness (QED) is 0.0443. The summed E-state index contributed by atoms with van der Waals surface area (Å²) in [5.74, 6) is 0.838. The van der Waals surface area contributed by atoms with Crippen LogP contribution in [0, 0.1) is 0 Å². The maximum absolute atomic E-state index is 11.7. The molecule has 1 saturated heterocycles. The third kappa shape index (κ3) is 7.48. The van der Waals surface area contributed by atoms with Crippen molar-refractivity contribution in [2.45, 2.75) is 75.3 Å². The standard InChI is InChI=1S/C42H48O5Si/c1-7-18-38-41(29-17-31-43,46-39(45-38)33-25-27-37(28-26-33)47-48(5,6)40(2,3)4)30-32-44-42(34-19-11-8-12-20-34,35-21-13-9-14-22-35)36-23-15-10-16-24-36/h7-17,19-29,31,38-39H,1,18,30,32H2,2-6H3/b29-17-/t38-,39-,41+/m1/s1. The molecule has 250 valence electrons. The fourth-order valence-electron chi connectivity index (χ4n) is 6.05. The predicted octanol–water partition coefficient (Wildman–Crippen LogP) is 9.95. The van der Waals surface area contributed by atoms with Crippen LogP contribution in [0.2, 0.25) is 18.1 Å². The molecule has 0 spiro atoms. The fourth-order valence-corrected chi connectivity index (χ4v) is 7.08. The molecule has 1 heterocycles. The van der Waals surface area contributed by atoms with Gasteiger partial charge in [-0.1, -0.05) is 130 Å². The van der Waals surface area contributed by atoms with E-state index in [1.54, 1.807) is 0 Å². The van der Waals surface area contributed by atoms with Gasteiger partial charge >= 0.3 is 0 Å². The van der Waals surface area contributed by atoms with Crippen LogP contribution in [0.3, 0.4) is 0 Å². The van der Waals surface area contributed by atoms with E-state index < -0.39 is 25.8 Å². The summed E-state index contributed by atoms with van der Waals surface area (Å²) in [4.78, 5) is 11.7. The summed E-state index contributed by atoms with van der Waals surface area (Å²) in [6.07, 6.45) is 5.87. The van der Waals surface area contributed by atoms with E-state index in [1.807, 2.05) is 91.0 Å². The molecule has 6 heteroatoms. The molecule has 0 saturated carbocycles. The van der Waals surface area contributed by atoms with Crippen molar-refractivity contribution in [2.24, 2.45) is 0 Å². The van der Waals surface area contributed by atoms with Crippen LogP contribution in [0.25, 0.3) is 0 Å². The molecule has 3 atom stereocenters. The van der Waals surface area contributed by atoms with Crippen LogP contribution in [0.4, 0.5) is 0 Å². The zero-order valence-corrected chi connectivity index (χ0v) is 29.8. The first-order chi connectivity index (χ1) is 23.0. The van der Waals surface area contributed by atoms with E-state index in [4.69, 9.17) is 18.6 Å². The lowest BCUT2D eigenvalue weighted by atomic mass is 9.80. The van der Waals surface area contributed by atoms with Crippen molar-refractivity contribution in [1.29, 1.82) is 0 Å². The minimum atomic E-state index is -1.99. The minimum absolute atomic E-state index is 0.0902. The lowest BCUT2D eigenvalue weighted by molar-refractivity contribution is -0.104. The van der Waals surface area contributed by atoms with Gasteiger partial charge in [-0.2, -0.15) is 0 Å². The molecule has 5 rings (SSSR count). The number of allylic oxidation sites excluding steroid dienone is 1. The van der Waals surface area contributed by atoms with Gasteiger partial charge in [0.25, 0.3) is 0 Å². The van der Waals surface area contributed by atoms with Crippen LogP contribution in [0.15, 0.2) is 140 Å². The molecule has 0 bridgehead atoms. The van der Waals surface area contributed by atoms with Gasteiger partial charge in [0.15, 0.2) is 6.29 Å². The molecule has 0 aromatic heterocycles. The van der Waals surface area contributed by atoms with E-state index in [1.165, 1.54) is 6.08 Å². The van der Waals surface area contributed by atoms with E-state index >= 15 is 0 Å². The van der Waals surface area contributed by atoms with Gasteiger partial charge in [0.2, 0.25) is 8.32 Å². The van der Waals surface area contributed by atoms with Crippen LogP contribution in [0.1, 0.15) is 62.2 Å². The minimum Gasteiger partial charge on any atom is -0.544 e. The van der Waals surface area contributed by atoms with E-state index in [0.29, 0.717) is 19.4 Å². The van der Waals surface area contributed by atoms with Gasteiger partial charge in [0.05, 0.1) is 12.7 Å². The number of ether oxygens (including phenoxy) is 3. The van der Waals surface area contributed by atoms with Crippen molar-refractivity contribution >= 4 is 14.6 Å². The first-order valence-corrected chi connectivity index (χ1v) is 19.6. The van der Waals surface area contributed by atoms with Gasteiger partial charge in [-0.25, -0.2) is 0 Å². The van der Waals surface area contributed by atoms with Gasteiger partial charge in [0.1, 0.15) is 23.2 Å². The fraction of sp³-hybridized carbons (Fsp3) is 0.310. The van der Waals surface area contributed by atoms with Crippen LogP contribution >= 0.6 is 0 Å². The Kier molecular flexibility index (Phi) is 11.0. The highest BCUT2D eigenvalue weighted by molar-refractivity contribution is 6.74. The Morgan fingerprint density at radius 1 is 0.812 bits per heavy atom. The molecule has 0 aliphatic carbocycles. The second-order valence-electron chi connectivity index (χ2n) is 13.9. The number of hydrogen-bond donors (Lipinski definition) is 0. The summed E-state index contributed by atoms with van der Waals surface area (Å²) in [5.41, 5.74) is 2.11. The Hall–Kier alpha value is -4.07. The van der Waals surface area contributed by atoms with Crippen molar-refractivity contribution in [2.75, 3.05) is 6.61 Å². The molecule has 0 unspecified atom stereocenters. The summed E-state index contributed by atoms with van der Waals surface area (Å²) in [7, 11) is -1.99. The van der Waals surface area contributed by atoms with Crippen LogP contribution < -0.4 is 4.43 Å². The van der Waals surface area contributed by atoms with Crippen LogP contribution in [-0.4, -0.2) is 32.9 Å². The SMILES string of the molecule is C=CC[C@H]1O[C@@H](c2ccc(O[Si](C)(C)C(C)(C)C)cc2)O[C@@]1(/C=C\C=O)CCOC(c1ccccc1)(c1ccccc1)c1ccccc1. The molecular weight excluding hydrogens is 613 g/mol. The number of rotatable bonds is 14. The highest BCUT2D eigenvalue weighted by atomic mass is 28.4. The lowest BCUT2D eigenvalue weighted by Gasteiger charge is -2.37. The van der Waals surface area contributed by atoms with E-state index in [0.717, 1.165) is 34.3 Å². The van der Waals surface area contributed by atoms with Gasteiger partial charge in [-0.05, 0) is 65.5 Å². The van der Waals surface area contributed by atoms with Gasteiger partial charge in [-0.3, -0.25) is 4.79 Å². The summed E-state index contributed by atoms with van der Waals surface area (Å²) in [6.45, 7) is 15.5. The summed E-state index contributed by atoms with van der Waals surface area (Å²) in [6, 6.07) is 38.9.